The molecule has 2 aromatic rings. The van der Waals surface area contributed by atoms with Crippen molar-refractivity contribution in [3.8, 4) is 0 Å². The molecule has 29 heavy (non-hydrogen) atoms. The summed E-state index contributed by atoms with van der Waals surface area (Å²) in [5.41, 5.74) is 1.99. The Balaban J connectivity index is 1.44. The van der Waals surface area contributed by atoms with Crippen LogP contribution in [-0.4, -0.2) is 61.0 Å². The van der Waals surface area contributed by atoms with E-state index in [1.807, 2.05) is 31.3 Å². The molecule has 1 aromatic carbocycles. The first-order valence-corrected chi connectivity index (χ1v) is 11.7. The second-order valence-corrected chi connectivity index (χ2v) is 10.1. The maximum atomic E-state index is 13.1. The summed E-state index contributed by atoms with van der Waals surface area (Å²) >= 11 is 0. The fraction of sp³-hybridized carbons (Fsp3) is 0.500. The summed E-state index contributed by atoms with van der Waals surface area (Å²) in [6.07, 6.45) is 6.12. The molecule has 0 N–H and O–H groups in total. The van der Waals surface area contributed by atoms with E-state index in [-0.39, 0.29) is 5.60 Å². The Morgan fingerprint density at radius 1 is 1.10 bits per heavy atom. The first kappa shape index (κ1) is 20.5. The van der Waals surface area contributed by atoms with Gasteiger partial charge in [-0.25, -0.2) is 8.42 Å². The third-order valence-corrected chi connectivity index (χ3v) is 7.88. The Hall–Kier alpha value is -1.80. The summed E-state index contributed by atoms with van der Waals surface area (Å²) in [6, 6.07) is 11.2. The number of benzene rings is 1. The van der Waals surface area contributed by atoms with Gasteiger partial charge in [0.15, 0.2) is 0 Å². The molecular formula is C22H29N3O3S. The number of ether oxygens (including phenoxy) is 1. The number of pyridine rings is 1. The van der Waals surface area contributed by atoms with Gasteiger partial charge in [0.05, 0.1) is 17.1 Å². The Bertz CT molecular complexity index is 918. The first-order chi connectivity index (χ1) is 14.0. The average Bonchev–Trinajstić information content (AvgIpc) is 2.92. The number of nitrogens with zero attached hydrogens (tertiary/aromatic N) is 3. The van der Waals surface area contributed by atoms with Gasteiger partial charge in [0.25, 0.3) is 0 Å². The van der Waals surface area contributed by atoms with Crippen molar-refractivity contribution in [3.63, 3.8) is 0 Å². The third kappa shape index (κ3) is 4.69. The second kappa shape index (κ2) is 8.52. The smallest absolute Gasteiger partial charge is 0.243 e. The molecule has 0 unspecified atom stereocenters. The molecule has 2 fully saturated rings. The lowest BCUT2D eigenvalue weighted by molar-refractivity contribution is -0.117. The van der Waals surface area contributed by atoms with Crippen LogP contribution in [0.3, 0.4) is 0 Å². The molecule has 0 amide bonds. The first-order valence-electron chi connectivity index (χ1n) is 10.3. The van der Waals surface area contributed by atoms with E-state index < -0.39 is 10.0 Å². The molecule has 3 heterocycles. The zero-order valence-corrected chi connectivity index (χ0v) is 17.8. The van der Waals surface area contributed by atoms with Crippen LogP contribution in [-0.2, 0) is 21.3 Å². The second-order valence-electron chi connectivity index (χ2n) is 8.17. The largest absolute Gasteiger partial charge is 0.372 e. The van der Waals surface area contributed by atoms with Gasteiger partial charge in [-0.3, -0.25) is 9.88 Å². The highest BCUT2D eigenvalue weighted by atomic mass is 32.2. The van der Waals surface area contributed by atoms with E-state index in [0.717, 1.165) is 44.5 Å². The number of hydrogen-bond donors (Lipinski definition) is 0. The summed E-state index contributed by atoms with van der Waals surface area (Å²) < 4.78 is 34.1. The van der Waals surface area contributed by atoms with Crippen molar-refractivity contribution in [2.24, 2.45) is 0 Å². The van der Waals surface area contributed by atoms with Gasteiger partial charge in [0.1, 0.15) is 0 Å². The molecule has 4 rings (SSSR count). The molecule has 1 atom stereocenters. The van der Waals surface area contributed by atoms with E-state index >= 15 is 0 Å². The fourth-order valence-corrected chi connectivity index (χ4v) is 5.83. The van der Waals surface area contributed by atoms with Crippen molar-refractivity contribution in [1.29, 1.82) is 0 Å². The highest BCUT2D eigenvalue weighted by Gasteiger charge is 2.40. The standard InChI is InChI=1S/C22H29N3O3S/c1-19-5-7-21(8-6-19)29(26,27)25-12-3-9-22(10-13-25)18-24(14-15-28-22)17-20-4-2-11-23-16-20/h2,4-8,11,16H,3,9-10,12-15,17-18H2,1H3/t22-/m1/s1. The van der Waals surface area contributed by atoms with E-state index in [9.17, 15) is 8.42 Å². The predicted octanol–water partition coefficient (Wildman–Crippen LogP) is 2.84. The number of rotatable bonds is 4. The quantitative estimate of drug-likeness (QED) is 0.768. The molecule has 1 spiro atoms. The minimum atomic E-state index is -3.46. The number of sulfonamides is 1. The average molecular weight is 416 g/mol. The van der Waals surface area contributed by atoms with Crippen LogP contribution in [0.2, 0.25) is 0 Å². The summed E-state index contributed by atoms with van der Waals surface area (Å²) in [4.78, 5) is 6.99. The minimum Gasteiger partial charge on any atom is -0.372 e. The van der Waals surface area contributed by atoms with Crippen LogP contribution < -0.4 is 0 Å². The third-order valence-electron chi connectivity index (χ3n) is 5.97. The highest BCUT2D eigenvalue weighted by Crippen LogP contribution is 2.32. The van der Waals surface area contributed by atoms with Crippen molar-refractivity contribution in [1.82, 2.24) is 14.2 Å². The molecule has 0 saturated carbocycles. The molecule has 2 aliphatic rings. The summed E-state index contributed by atoms with van der Waals surface area (Å²) in [5.74, 6) is 0. The van der Waals surface area contributed by atoms with E-state index in [4.69, 9.17) is 4.74 Å². The van der Waals surface area contributed by atoms with Crippen molar-refractivity contribution in [3.05, 3.63) is 59.9 Å². The lowest BCUT2D eigenvalue weighted by atomic mass is 9.92. The normalized spacial score (nSPS) is 24.4. The van der Waals surface area contributed by atoms with Crippen LogP contribution in [0.5, 0.6) is 0 Å². The van der Waals surface area contributed by atoms with Gasteiger partial charge >= 0.3 is 0 Å². The maximum Gasteiger partial charge on any atom is 0.243 e. The fourth-order valence-electron chi connectivity index (χ4n) is 4.35. The molecule has 1 aromatic heterocycles. The van der Waals surface area contributed by atoms with Gasteiger partial charge < -0.3 is 4.74 Å². The van der Waals surface area contributed by atoms with Gasteiger partial charge in [-0.05, 0) is 49.9 Å². The molecule has 0 radical (unpaired) electrons. The SMILES string of the molecule is Cc1ccc(S(=O)(=O)N2CCC[C@@]3(CC2)CN(Cc2cccnc2)CCO3)cc1. The van der Waals surface area contributed by atoms with E-state index in [0.29, 0.717) is 24.6 Å². The number of morpholine rings is 1. The molecular weight excluding hydrogens is 386 g/mol. The number of aryl methyl sites for hydroxylation is 1. The molecule has 0 aliphatic carbocycles. The Morgan fingerprint density at radius 3 is 2.69 bits per heavy atom. The van der Waals surface area contributed by atoms with Gasteiger partial charge in [-0.1, -0.05) is 23.8 Å². The van der Waals surface area contributed by atoms with E-state index in [1.54, 1.807) is 22.6 Å². The van der Waals surface area contributed by atoms with E-state index in [1.165, 1.54) is 5.56 Å². The monoisotopic (exact) mass is 415 g/mol. The van der Waals surface area contributed by atoms with Crippen LogP contribution in [0.25, 0.3) is 0 Å². The van der Waals surface area contributed by atoms with Crippen LogP contribution >= 0.6 is 0 Å². The van der Waals surface area contributed by atoms with Gasteiger partial charge in [-0.15, -0.1) is 0 Å². The minimum absolute atomic E-state index is 0.266. The maximum absolute atomic E-state index is 13.1. The molecule has 2 aliphatic heterocycles. The summed E-state index contributed by atoms with van der Waals surface area (Å²) in [7, 11) is -3.46. The van der Waals surface area contributed by atoms with Gasteiger partial charge in [-0.2, -0.15) is 4.31 Å². The van der Waals surface area contributed by atoms with Crippen molar-refractivity contribution in [2.45, 2.75) is 43.2 Å². The lowest BCUT2D eigenvalue weighted by Gasteiger charge is -2.42. The Morgan fingerprint density at radius 2 is 1.93 bits per heavy atom. The van der Waals surface area contributed by atoms with Crippen LogP contribution in [0, 0.1) is 6.92 Å². The Kier molecular flexibility index (Phi) is 6.01. The predicted molar refractivity (Wildman–Crippen MR) is 112 cm³/mol. The van der Waals surface area contributed by atoms with Crippen LogP contribution in [0.4, 0.5) is 0 Å². The van der Waals surface area contributed by atoms with Crippen molar-refractivity contribution >= 4 is 10.0 Å². The van der Waals surface area contributed by atoms with Crippen molar-refractivity contribution < 1.29 is 13.2 Å². The summed E-state index contributed by atoms with van der Waals surface area (Å²) in [6.45, 7) is 6.27. The molecule has 156 valence electrons. The van der Waals surface area contributed by atoms with Crippen molar-refractivity contribution in [2.75, 3.05) is 32.8 Å². The zero-order valence-electron chi connectivity index (χ0n) is 17.0. The summed E-state index contributed by atoms with van der Waals surface area (Å²) in [5, 5.41) is 0. The van der Waals surface area contributed by atoms with Gasteiger partial charge in [0.2, 0.25) is 10.0 Å². The zero-order chi connectivity index (χ0) is 20.3. The molecule has 7 heteroatoms. The van der Waals surface area contributed by atoms with Gasteiger partial charge in [0, 0.05) is 45.1 Å². The Labute approximate surface area is 173 Å². The number of hydrogen-bond acceptors (Lipinski definition) is 5. The molecule has 0 bridgehead atoms. The molecule has 2 saturated heterocycles. The van der Waals surface area contributed by atoms with Crippen LogP contribution in [0.15, 0.2) is 53.7 Å². The lowest BCUT2D eigenvalue weighted by Crippen LogP contribution is -2.52. The molecule has 6 nitrogen and oxygen atoms in total. The van der Waals surface area contributed by atoms with Crippen LogP contribution in [0.1, 0.15) is 30.4 Å². The highest BCUT2D eigenvalue weighted by molar-refractivity contribution is 7.89. The topological polar surface area (TPSA) is 62.7 Å². The van der Waals surface area contributed by atoms with E-state index in [2.05, 4.69) is 16.0 Å². The number of aromatic nitrogens is 1.